The van der Waals surface area contributed by atoms with Gasteiger partial charge >= 0.3 is 0 Å². The highest BCUT2D eigenvalue weighted by Gasteiger charge is 2.13. The second kappa shape index (κ2) is 5.09. The number of hydrogen-bond acceptors (Lipinski definition) is 4. The van der Waals surface area contributed by atoms with Gasteiger partial charge in [-0.3, -0.25) is 0 Å². The standard InChI is InChI=1S/C15H11BrN2O2/c1-9-12(6-3-7-13(9)16)15-17-14(18-20-15)10-4-2-5-11(19)8-10/h2-8,19H,1H3. The van der Waals surface area contributed by atoms with Crippen LogP contribution in [-0.4, -0.2) is 15.2 Å². The molecule has 0 atom stereocenters. The summed E-state index contributed by atoms with van der Waals surface area (Å²) in [6.45, 7) is 1.98. The van der Waals surface area contributed by atoms with Crippen molar-refractivity contribution in [1.82, 2.24) is 10.1 Å². The lowest BCUT2D eigenvalue weighted by Gasteiger charge is -2.01. The van der Waals surface area contributed by atoms with E-state index in [1.54, 1.807) is 18.2 Å². The molecule has 20 heavy (non-hydrogen) atoms. The average Bonchev–Trinajstić information content (AvgIpc) is 2.91. The Morgan fingerprint density at radius 2 is 1.95 bits per heavy atom. The van der Waals surface area contributed by atoms with E-state index in [0.717, 1.165) is 15.6 Å². The van der Waals surface area contributed by atoms with Crippen molar-refractivity contribution in [1.29, 1.82) is 0 Å². The third-order valence-electron chi connectivity index (χ3n) is 3.03. The van der Waals surface area contributed by atoms with Gasteiger partial charge in [0.1, 0.15) is 5.75 Å². The first-order chi connectivity index (χ1) is 9.65. The maximum Gasteiger partial charge on any atom is 0.258 e. The molecule has 0 bridgehead atoms. The molecule has 2 aromatic carbocycles. The zero-order chi connectivity index (χ0) is 14.1. The van der Waals surface area contributed by atoms with Gasteiger partial charge in [-0.15, -0.1) is 0 Å². The third kappa shape index (κ3) is 2.32. The SMILES string of the molecule is Cc1c(Br)cccc1-c1nc(-c2cccc(O)c2)no1. The van der Waals surface area contributed by atoms with Gasteiger partial charge in [0.25, 0.3) is 5.89 Å². The van der Waals surface area contributed by atoms with E-state index in [2.05, 4.69) is 26.1 Å². The maximum atomic E-state index is 9.49. The molecule has 0 aliphatic heterocycles. The molecule has 0 unspecified atom stereocenters. The molecule has 3 rings (SSSR count). The number of aromatic hydroxyl groups is 1. The first-order valence-electron chi connectivity index (χ1n) is 6.04. The molecule has 0 saturated carbocycles. The van der Waals surface area contributed by atoms with Crippen molar-refractivity contribution < 1.29 is 9.63 Å². The summed E-state index contributed by atoms with van der Waals surface area (Å²) in [5, 5.41) is 13.4. The van der Waals surface area contributed by atoms with Gasteiger partial charge in [-0.25, -0.2) is 0 Å². The molecule has 1 N–H and O–H groups in total. The summed E-state index contributed by atoms with van der Waals surface area (Å²) in [6.07, 6.45) is 0. The average molecular weight is 331 g/mol. The molecule has 5 heteroatoms. The van der Waals surface area contributed by atoms with Crippen LogP contribution in [0.3, 0.4) is 0 Å². The minimum absolute atomic E-state index is 0.174. The number of hydrogen-bond donors (Lipinski definition) is 1. The third-order valence-corrected chi connectivity index (χ3v) is 3.89. The van der Waals surface area contributed by atoms with Crippen LogP contribution in [0.25, 0.3) is 22.8 Å². The molecule has 4 nitrogen and oxygen atoms in total. The fourth-order valence-corrected chi connectivity index (χ4v) is 2.30. The van der Waals surface area contributed by atoms with Crippen LogP contribution in [0.5, 0.6) is 5.75 Å². The molecule has 0 fully saturated rings. The molecule has 100 valence electrons. The van der Waals surface area contributed by atoms with Crippen molar-refractivity contribution in [2.24, 2.45) is 0 Å². The summed E-state index contributed by atoms with van der Waals surface area (Å²) in [7, 11) is 0. The Bertz CT molecular complexity index is 768. The Hall–Kier alpha value is -2.14. The van der Waals surface area contributed by atoms with Crippen molar-refractivity contribution in [3.8, 4) is 28.6 Å². The molecule has 0 aliphatic rings. The summed E-state index contributed by atoms with van der Waals surface area (Å²) in [4.78, 5) is 4.38. The van der Waals surface area contributed by atoms with Crippen molar-refractivity contribution in [2.75, 3.05) is 0 Å². The topological polar surface area (TPSA) is 59.2 Å². The number of phenolic OH excluding ortho intramolecular Hbond substituents is 1. The molecule has 0 amide bonds. The molecule has 1 heterocycles. The number of halogens is 1. The predicted octanol–water partition coefficient (Wildman–Crippen LogP) is 4.18. The largest absolute Gasteiger partial charge is 0.508 e. The van der Waals surface area contributed by atoms with Crippen LogP contribution in [-0.2, 0) is 0 Å². The maximum absolute atomic E-state index is 9.49. The lowest BCUT2D eigenvalue weighted by Crippen LogP contribution is -1.85. The van der Waals surface area contributed by atoms with Crippen LogP contribution in [0.15, 0.2) is 51.5 Å². The van der Waals surface area contributed by atoms with Crippen LogP contribution >= 0.6 is 15.9 Å². The quantitative estimate of drug-likeness (QED) is 0.765. The highest BCUT2D eigenvalue weighted by atomic mass is 79.9. The normalized spacial score (nSPS) is 10.7. The van der Waals surface area contributed by atoms with E-state index in [-0.39, 0.29) is 5.75 Å². The summed E-state index contributed by atoms with van der Waals surface area (Å²) in [6, 6.07) is 12.6. The van der Waals surface area contributed by atoms with Crippen molar-refractivity contribution in [3.05, 3.63) is 52.5 Å². The molecule has 0 radical (unpaired) electrons. The second-order valence-electron chi connectivity index (χ2n) is 4.39. The van der Waals surface area contributed by atoms with E-state index in [9.17, 15) is 5.11 Å². The first kappa shape index (κ1) is 12.9. The smallest absolute Gasteiger partial charge is 0.258 e. The second-order valence-corrected chi connectivity index (χ2v) is 5.24. The van der Waals surface area contributed by atoms with Gasteiger partial charge in [0.05, 0.1) is 0 Å². The fourth-order valence-electron chi connectivity index (χ4n) is 1.93. The first-order valence-corrected chi connectivity index (χ1v) is 6.83. The summed E-state index contributed by atoms with van der Waals surface area (Å²) < 4.78 is 6.31. The lowest BCUT2D eigenvalue weighted by atomic mass is 10.1. The summed E-state index contributed by atoms with van der Waals surface area (Å²) >= 11 is 3.48. The molecular formula is C15H11BrN2O2. The van der Waals surface area contributed by atoms with Crippen LogP contribution < -0.4 is 0 Å². The predicted molar refractivity (Wildman–Crippen MR) is 79.3 cm³/mol. The minimum Gasteiger partial charge on any atom is -0.508 e. The number of benzene rings is 2. The van der Waals surface area contributed by atoms with E-state index >= 15 is 0 Å². The molecule has 0 saturated heterocycles. The van der Waals surface area contributed by atoms with Crippen molar-refractivity contribution >= 4 is 15.9 Å². The number of rotatable bonds is 2. The van der Waals surface area contributed by atoms with Gasteiger partial charge < -0.3 is 9.63 Å². The van der Waals surface area contributed by atoms with E-state index in [1.807, 2.05) is 31.2 Å². The minimum atomic E-state index is 0.174. The van der Waals surface area contributed by atoms with Crippen LogP contribution in [0.2, 0.25) is 0 Å². The number of phenols is 1. The fraction of sp³-hybridized carbons (Fsp3) is 0.0667. The van der Waals surface area contributed by atoms with E-state index in [0.29, 0.717) is 17.3 Å². The van der Waals surface area contributed by atoms with Gasteiger partial charge in [-0.2, -0.15) is 4.98 Å². The Balaban J connectivity index is 2.04. The molecule has 3 aromatic rings. The van der Waals surface area contributed by atoms with Crippen LogP contribution in [0.1, 0.15) is 5.56 Å². The summed E-state index contributed by atoms with van der Waals surface area (Å²) in [5.41, 5.74) is 2.64. The Kier molecular flexibility index (Phi) is 3.28. The van der Waals surface area contributed by atoms with Crippen molar-refractivity contribution in [3.63, 3.8) is 0 Å². The zero-order valence-electron chi connectivity index (χ0n) is 10.7. The zero-order valence-corrected chi connectivity index (χ0v) is 12.3. The van der Waals surface area contributed by atoms with E-state index in [1.165, 1.54) is 0 Å². The molecule has 0 spiro atoms. The molecule has 1 aromatic heterocycles. The van der Waals surface area contributed by atoms with Crippen LogP contribution in [0.4, 0.5) is 0 Å². The van der Waals surface area contributed by atoms with Gasteiger partial charge in [0, 0.05) is 15.6 Å². The van der Waals surface area contributed by atoms with Crippen molar-refractivity contribution in [2.45, 2.75) is 6.92 Å². The van der Waals surface area contributed by atoms with Gasteiger partial charge in [-0.05, 0) is 36.8 Å². The highest BCUT2D eigenvalue weighted by molar-refractivity contribution is 9.10. The van der Waals surface area contributed by atoms with Gasteiger partial charge in [0.2, 0.25) is 5.82 Å². The Morgan fingerprint density at radius 1 is 1.15 bits per heavy atom. The Labute approximate surface area is 124 Å². The molecule has 0 aliphatic carbocycles. The molecular weight excluding hydrogens is 320 g/mol. The van der Waals surface area contributed by atoms with Gasteiger partial charge in [0.15, 0.2) is 0 Å². The highest BCUT2D eigenvalue weighted by Crippen LogP contribution is 2.29. The Morgan fingerprint density at radius 3 is 2.75 bits per heavy atom. The van der Waals surface area contributed by atoms with E-state index < -0.39 is 0 Å². The number of nitrogens with zero attached hydrogens (tertiary/aromatic N) is 2. The van der Waals surface area contributed by atoms with E-state index in [4.69, 9.17) is 4.52 Å². The lowest BCUT2D eigenvalue weighted by molar-refractivity contribution is 0.432. The summed E-state index contributed by atoms with van der Waals surface area (Å²) in [5.74, 6) is 1.09. The van der Waals surface area contributed by atoms with Crippen LogP contribution in [0, 0.1) is 6.92 Å². The number of aromatic nitrogens is 2. The monoisotopic (exact) mass is 330 g/mol. The van der Waals surface area contributed by atoms with Gasteiger partial charge in [-0.1, -0.05) is 39.3 Å².